The fraction of sp³-hybridized carbons (Fsp3) is 0.400. The molecule has 0 radical (unpaired) electrons. The number of amidine groups is 1. The molecule has 2 aliphatic heterocycles. The van der Waals surface area contributed by atoms with Crippen LogP contribution in [0.25, 0.3) is 0 Å². The molecule has 1 aromatic carbocycles. The van der Waals surface area contributed by atoms with Gasteiger partial charge in [0, 0.05) is 26.2 Å². The lowest BCUT2D eigenvalue weighted by atomic mass is 10.1. The Hall–Kier alpha value is -2.85. The van der Waals surface area contributed by atoms with Crippen molar-refractivity contribution < 1.29 is 9.53 Å². The van der Waals surface area contributed by atoms with Crippen molar-refractivity contribution in [2.24, 2.45) is 16.6 Å². The summed E-state index contributed by atoms with van der Waals surface area (Å²) in [4.78, 5) is 14.7. The summed E-state index contributed by atoms with van der Waals surface area (Å²) in [7, 11) is 1.52. The van der Waals surface area contributed by atoms with Crippen molar-refractivity contribution >= 4 is 22.8 Å². The Morgan fingerprint density at radius 2 is 2.10 bits per heavy atom. The third-order valence-electron chi connectivity index (χ3n) is 4.93. The van der Waals surface area contributed by atoms with Crippen LogP contribution in [0.15, 0.2) is 59.6 Å². The monoisotopic (exact) mass is 431 g/mol. The summed E-state index contributed by atoms with van der Waals surface area (Å²) < 4.78 is 5.38. The SMILES string of the molecule is COC(C(=O)NC1NN=C(NC2CCN(/C(N)=C/C=C\N)CC2)S1)c1ccccc1. The minimum Gasteiger partial charge on any atom is -0.405 e. The molecule has 9 nitrogen and oxygen atoms in total. The van der Waals surface area contributed by atoms with E-state index in [4.69, 9.17) is 16.2 Å². The minimum absolute atomic E-state index is 0.216. The summed E-state index contributed by atoms with van der Waals surface area (Å²) >= 11 is 1.44. The van der Waals surface area contributed by atoms with Gasteiger partial charge in [-0.2, -0.15) is 5.10 Å². The Bertz CT molecular complexity index is 792. The molecule has 3 rings (SSSR count). The first-order chi connectivity index (χ1) is 14.6. The molecule has 2 atom stereocenters. The predicted octanol–water partition coefficient (Wildman–Crippen LogP) is 0.708. The van der Waals surface area contributed by atoms with Gasteiger partial charge in [-0.05, 0) is 48.5 Å². The minimum atomic E-state index is -0.664. The van der Waals surface area contributed by atoms with Gasteiger partial charge in [0.2, 0.25) is 0 Å². The molecule has 0 spiro atoms. The zero-order chi connectivity index (χ0) is 21.3. The first kappa shape index (κ1) is 21.8. The number of carbonyl (C=O) groups excluding carboxylic acids is 1. The highest BCUT2D eigenvalue weighted by molar-refractivity contribution is 8.14. The topological polar surface area (TPSA) is 130 Å². The van der Waals surface area contributed by atoms with Crippen LogP contribution in [0.2, 0.25) is 0 Å². The molecule has 0 bridgehead atoms. The van der Waals surface area contributed by atoms with Gasteiger partial charge >= 0.3 is 0 Å². The van der Waals surface area contributed by atoms with Crippen LogP contribution in [-0.2, 0) is 9.53 Å². The van der Waals surface area contributed by atoms with Crippen molar-refractivity contribution in [3.8, 4) is 0 Å². The number of nitrogens with two attached hydrogens (primary N) is 2. The number of likely N-dealkylation sites (tertiary alicyclic amines) is 1. The molecule has 2 unspecified atom stereocenters. The number of nitrogens with zero attached hydrogens (tertiary/aromatic N) is 2. The highest BCUT2D eigenvalue weighted by Crippen LogP contribution is 2.21. The molecule has 0 aromatic heterocycles. The van der Waals surface area contributed by atoms with Gasteiger partial charge in [-0.3, -0.25) is 10.2 Å². The first-order valence-electron chi connectivity index (χ1n) is 9.84. The normalized spacial score (nSPS) is 21.2. The van der Waals surface area contributed by atoms with Crippen molar-refractivity contribution in [2.75, 3.05) is 20.2 Å². The number of benzene rings is 1. The lowest BCUT2D eigenvalue weighted by Gasteiger charge is -2.34. The van der Waals surface area contributed by atoms with Crippen LogP contribution in [0.3, 0.4) is 0 Å². The van der Waals surface area contributed by atoms with E-state index in [1.807, 2.05) is 36.4 Å². The highest BCUT2D eigenvalue weighted by atomic mass is 32.2. The van der Waals surface area contributed by atoms with Crippen molar-refractivity contribution in [1.29, 1.82) is 0 Å². The molecule has 2 heterocycles. The predicted molar refractivity (Wildman–Crippen MR) is 120 cm³/mol. The van der Waals surface area contributed by atoms with Gasteiger partial charge in [0.25, 0.3) is 5.91 Å². The van der Waals surface area contributed by atoms with Crippen molar-refractivity contribution in [3.05, 3.63) is 60.1 Å². The number of piperidine rings is 1. The van der Waals surface area contributed by atoms with E-state index in [1.165, 1.54) is 25.1 Å². The highest BCUT2D eigenvalue weighted by Gasteiger charge is 2.28. The van der Waals surface area contributed by atoms with Crippen LogP contribution in [-0.4, -0.2) is 47.7 Å². The molecular weight excluding hydrogens is 402 g/mol. The Morgan fingerprint density at radius 3 is 2.77 bits per heavy atom. The first-order valence-corrected chi connectivity index (χ1v) is 10.7. The lowest BCUT2D eigenvalue weighted by molar-refractivity contribution is -0.131. The number of nitrogens with one attached hydrogen (secondary N) is 3. The maximum absolute atomic E-state index is 12.6. The Balaban J connectivity index is 1.43. The molecular formula is C20H29N7O2S. The maximum atomic E-state index is 12.6. The van der Waals surface area contributed by atoms with Gasteiger partial charge in [-0.25, -0.2) is 0 Å². The zero-order valence-electron chi connectivity index (χ0n) is 17.0. The van der Waals surface area contributed by atoms with E-state index in [9.17, 15) is 4.79 Å². The number of hydrazone groups is 1. The number of ether oxygens (including phenoxy) is 1. The van der Waals surface area contributed by atoms with Gasteiger partial charge in [-0.1, -0.05) is 30.3 Å². The number of rotatable bonds is 7. The van der Waals surface area contributed by atoms with Crippen molar-refractivity contribution in [3.63, 3.8) is 0 Å². The second-order valence-electron chi connectivity index (χ2n) is 6.96. The maximum Gasteiger partial charge on any atom is 0.256 e. The summed E-state index contributed by atoms with van der Waals surface area (Å²) in [5, 5.41) is 11.4. The van der Waals surface area contributed by atoms with Crippen LogP contribution >= 0.6 is 11.8 Å². The fourth-order valence-electron chi connectivity index (χ4n) is 3.35. The number of hydrogen-bond donors (Lipinski definition) is 5. The Kier molecular flexibility index (Phi) is 7.86. The van der Waals surface area contributed by atoms with Gasteiger partial charge in [-0.15, -0.1) is 0 Å². The largest absolute Gasteiger partial charge is 0.405 e. The molecule has 30 heavy (non-hydrogen) atoms. The van der Waals surface area contributed by atoms with Gasteiger partial charge in [0.1, 0.15) is 0 Å². The Morgan fingerprint density at radius 1 is 1.37 bits per heavy atom. The van der Waals surface area contributed by atoms with E-state index in [1.54, 1.807) is 6.08 Å². The van der Waals surface area contributed by atoms with Gasteiger partial charge in [0.05, 0.1) is 5.82 Å². The summed E-state index contributed by atoms with van der Waals surface area (Å²) in [6, 6.07) is 9.70. The number of carbonyl (C=O) groups is 1. The van der Waals surface area contributed by atoms with E-state index >= 15 is 0 Å². The van der Waals surface area contributed by atoms with Crippen molar-refractivity contribution in [2.45, 2.75) is 30.5 Å². The molecule has 0 aliphatic carbocycles. The van der Waals surface area contributed by atoms with Crippen LogP contribution < -0.4 is 27.5 Å². The fourth-order valence-corrected chi connectivity index (χ4v) is 4.20. The molecule has 2 aliphatic rings. The number of allylic oxidation sites excluding steroid dienone is 2. The summed E-state index contributed by atoms with van der Waals surface area (Å²) in [5.41, 5.74) is 14.8. The van der Waals surface area contributed by atoms with E-state index < -0.39 is 6.10 Å². The molecule has 162 valence electrons. The standard InChI is InChI=1S/C20H29N7O2S/c1-29-17(14-6-3-2-4-7-14)18(28)24-20-26-25-19(30-20)23-15-9-12-27(13-10-15)16(22)8-5-11-21/h2-8,11,15,17,20,26H,9-10,12-13,21-22H2,1H3,(H,23,25)(H,24,28)/b11-5-,16-8+. The number of hydrogen-bond acceptors (Lipinski definition) is 9. The quantitative estimate of drug-likeness (QED) is 0.399. The number of methoxy groups -OCH3 is 1. The zero-order valence-corrected chi connectivity index (χ0v) is 17.8. The summed E-state index contributed by atoms with van der Waals surface area (Å²) in [5.74, 6) is 0.505. The molecule has 10 heteroatoms. The van der Waals surface area contributed by atoms with Crippen LogP contribution in [0.4, 0.5) is 0 Å². The van der Waals surface area contributed by atoms with Crippen LogP contribution in [0.5, 0.6) is 0 Å². The smallest absolute Gasteiger partial charge is 0.256 e. The number of amides is 1. The van der Waals surface area contributed by atoms with E-state index in [0.29, 0.717) is 6.04 Å². The van der Waals surface area contributed by atoms with Crippen LogP contribution in [0, 0.1) is 0 Å². The average molecular weight is 432 g/mol. The Labute approximate surface area is 181 Å². The third kappa shape index (κ3) is 5.83. The summed E-state index contributed by atoms with van der Waals surface area (Å²) in [6.07, 6.45) is 6.23. The molecule has 1 fully saturated rings. The molecule has 1 saturated heterocycles. The lowest BCUT2D eigenvalue weighted by Crippen LogP contribution is -2.45. The molecule has 1 aromatic rings. The second-order valence-corrected chi connectivity index (χ2v) is 8.05. The third-order valence-corrected chi connectivity index (χ3v) is 5.82. The summed E-state index contributed by atoms with van der Waals surface area (Å²) in [6.45, 7) is 1.72. The molecule has 7 N–H and O–H groups in total. The molecule has 0 saturated carbocycles. The second kappa shape index (κ2) is 10.8. The average Bonchev–Trinajstić information content (AvgIpc) is 3.20. The van der Waals surface area contributed by atoms with Crippen LogP contribution in [0.1, 0.15) is 24.5 Å². The van der Waals surface area contributed by atoms with Gasteiger partial charge in [0.15, 0.2) is 16.8 Å². The van der Waals surface area contributed by atoms with E-state index in [2.05, 4.69) is 26.1 Å². The van der Waals surface area contributed by atoms with E-state index in [-0.39, 0.29) is 11.4 Å². The van der Waals surface area contributed by atoms with Gasteiger partial charge < -0.3 is 31.7 Å². The van der Waals surface area contributed by atoms with E-state index in [0.717, 1.165) is 42.5 Å². The van der Waals surface area contributed by atoms with Crippen molar-refractivity contribution in [1.82, 2.24) is 21.0 Å². The molecule has 1 amide bonds. The number of thioether (sulfide) groups is 1.